The summed E-state index contributed by atoms with van der Waals surface area (Å²) < 4.78 is 0. The zero-order valence-electron chi connectivity index (χ0n) is 11.1. The van der Waals surface area contributed by atoms with Crippen LogP contribution in [0.15, 0.2) is 24.3 Å². The summed E-state index contributed by atoms with van der Waals surface area (Å²) in [7, 11) is 0. The van der Waals surface area contributed by atoms with Crippen LogP contribution in [0.25, 0.3) is 0 Å². The maximum atomic E-state index is 3.58. The lowest BCUT2D eigenvalue weighted by Crippen LogP contribution is -2.31. The van der Waals surface area contributed by atoms with Gasteiger partial charge in [0.2, 0.25) is 0 Å². The molecule has 2 nitrogen and oxygen atoms in total. The summed E-state index contributed by atoms with van der Waals surface area (Å²) >= 11 is 0. The van der Waals surface area contributed by atoms with Crippen molar-refractivity contribution in [3.63, 3.8) is 0 Å². The average molecular weight is 232 g/mol. The first-order valence-electron chi connectivity index (χ1n) is 6.85. The summed E-state index contributed by atoms with van der Waals surface area (Å²) in [5.41, 5.74) is 2.78. The van der Waals surface area contributed by atoms with Crippen molar-refractivity contribution in [1.29, 1.82) is 0 Å². The van der Waals surface area contributed by atoms with Crippen LogP contribution in [0.5, 0.6) is 0 Å². The third-order valence-corrected chi connectivity index (χ3v) is 3.75. The Morgan fingerprint density at radius 2 is 2.18 bits per heavy atom. The smallest absolute Gasteiger partial charge is 0.0395 e. The first kappa shape index (κ1) is 12.4. The molecule has 2 rings (SSSR count). The number of rotatable bonds is 5. The second kappa shape index (κ2) is 6.06. The van der Waals surface area contributed by atoms with Gasteiger partial charge in [0.1, 0.15) is 0 Å². The van der Waals surface area contributed by atoms with E-state index in [4.69, 9.17) is 0 Å². The predicted molar refractivity (Wildman–Crippen MR) is 74.7 cm³/mol. The number of anilines is 1. The molecular weight excluding hydrogens is 208 g/mol. The van der Waals surface area contributed by atoms with Gasteiger partial charge in [0.05, 0.1) is 0 Å². The monoisotopic (exact) mass is 232 g/mol. The van der Waals surface area contributed by atoms with Gasteiger partial charge in [0.15, 0.2) is 0 Å². The van der Waals surface area contributed by atoms with Crippen molar-refractivity contribution < 1.29 is 0 Å². The number of benzene rings is 1. The Hall–Kier alpha value is -1.02. The molecule has 17 heavy (non-hydrogen) atoms. The molecule has 1 aromatic carbocycles. The van der Waals surface area contributed by atoms with Crippen LogP contribution in [0.4, 0.5) is 5.69 Å². The highest BCUT2D eigenvalue weighted by Crippen LogP contribution is 2.20. The minimum Gasteiger partial charge on any atom is -0.372 e. The summed E-state index contributed by atoms with van der Waals surface area (Å²) in [6.45, 7) is 7.91. The maximum absolute atomic E-state index is 3.58. The number of hydrogen-bond acceptors (Lipinski definition) is 2. The van der Waals surface area contributed by atoms with E-state index in [9.17, 15) is 0 Å². The van der Waals surface area contributed by atoms with E-state index in [0.717, 1.165) is 12.6 Å². The third kappa shape index (κ3) is 3.22. The molecule has 0 bridgehead atoms. The van der Waals surface area contributed by atoms with Gasteiger partial charge in [0.25, 0.3) is 0 Å². The van der Waals surface area contributed by atoms with Crippen LogP contribution in [0.1, 0.15) is 31.7 Å². The van der Waals surface area contributed by atoms with E-state index in [2.05, 4.69) is 48.3 Å². The molecule has 94 valence electrons. The summed E-state index contributed by atoms with van der Waals surface area (Å²) in [4.78, 5) is 2.50. The molecule has 1 aliphatic heterocycles. The topological polar surface area (TPSA) is 15.3 Å². The molecule has 0 aromatic heterocycles. The van der Waals surface area contributed by atoms with Crippen LogP contribution in [0.3, 0.4) is 0 Å². The fraction of sp³-hybridized carbons (Fsp3) is 0.600. The minimum absolute atomic E-state index is 0.744. The van der Waals surface area contributed by atoms with Gasteiger partial charge in [-0.05, 0) is 51.3 Å². The predicted octanol–water partition coefficient (Wildman–Crippen LogP) is 2.96. The molecule has 0 saturated carbocycles. The lowest BCUT2D eigenvalue weighted by molar-refractivity contribution is 0.553. The van der Waals surface area contributed by atoms with E-state index in [0.29, 0.717) is 0 Å². The van der Waals surface area contributed by atoms with Crippen molar-refractivity contribution in [1.82, 2.24) is 5.32 Å². The van der Waals surface area contributed by atoms with Crippen LogP contribution < -0.4 is 10.2 Å². The van der Waals surface area contributed by atoms with Crippen LogP contribution in [-0.4, -0.2) is 25.7 Å². The Bertz CT molecular complexity index is 343. The molecule has 1 fully saturated rings. The van der Waals surface area contributed by atoms with Crippen molar-refractivity contribution in [2.24, 2.45) is 0 Å². The van der Waals surface area contributed by atoms with Crippen molar-refractivity contribution in [2.75, 3.05) is 24.5 Å². The van der Waals surface area contributed by atoms with Crippen molar-refractivity contribution in [3.05, 3.63) is 29.8 Å². The fourth-order valence-corrected chi connectivity index (χ4v) is 2.68. The highest BCUT2D eigenvalue weighted by molar-refractivity contribution is 5.52. The first-order valence-corrected chi connectivity index (χ1v) is 6.85. The van der Waals surface area contributed by atoms with Crippen LogP contribution in [0, 0.1) is 6.92 Å². The molecule has 0 radical (unpaired) electrons. The molecule has 1 N–H and O–H groups in total. The third-order valence-electron chi connectivity index (χ3n) is 3.75. The van der Waals surface area contributed by atoms with Gasteiger partial charge in [0, 0.05) is 24.8 Å². The molecule has 1 atom stereocenters. The Morgan fingerprint density at radius 1 is 1.35 bits per heavy atom. The molecule has 2 heteroatoms. The van der Waals surface area contributed by atoms with Gasteiger partial charge < -0.3 is 10.2 Å². The summed E-state index contributed by atoms with van der Waals surface area (Å²) in [6.07, 6.45) is 3.97. The van der Waals surface area contributed by atoms with Crippen LogP contribution in [0.2, 0.25) is 0 Å². The second-order valence-corrected chi connectivity index (χ2v) is 4.95. The number of nitrogens with one attached hydrogen (secondary N) is 1. The van der Waals surface area contributed by atoms with Crippen molar-refractivity contribution in [2.45, 2.75) is 39.2 Å². The van der Waals surface area contributed by atoms with Gasteiger partial charge in [-0.2, -0.15) is 0 Å². The van der Waals surface area contributed by atoms with Crippen molar-refractivity contribution >= 4 is 5.69 Å². The first-order chi connectivity index (χ1) is 8.31. The molecule has 1 aromatic rings. The van der Waals surface area contributed by atoms with E-state index in [1.807, 2.05) is 0 Å². The molecule has 0 amide bonds. The number of nitrogens with zero attached hydrogens (tertiary/aromatic N) is 1. The maximum Gasteiger partial charge on any atom is 0.0395 e. The van der Waals surface area contributed by atoms with Crippen LogP contribution >= 0.6 is 0 Å². The molecule has 1 unspecified atom stereocenters. The van der Waals surface area contributed by atoms with E-state index in [-0.39, 0.29) is 0 Å². The average Bonchev–Trinajstić information content (AvgIpc) is 2.85. The SMILES string of the molecule is CCN(CCC1CCCN1)c1ccccc1C. The summed E-state index contributed by atoms with van der Waals surface area (Å²) in [5, 5.41) is 3.58. The van der Waals surface area contributed by atoms with Gasteiger partial charge in [-0.25, -0.2) is 0 Å². The molecular formula is C15H24N2. The second-order valence-electron chi connectivity index (χ2n) is 4.95. The Kier molecular flexibility index (Phi) is 4.43. The highest BCUT2D eigenvalue weighted by Gasteiger charge is 2.15. The Morgan fingerprint density at radius 3 is 2.82 bits per heavy atom. The quantitative estimate of drug-likeness (QED) is 0.839. The molecule has 0 aliphatic carbocycles. The Labute approximate surface area is 105 Å². The van der Waals surface area contributed by atoms with Crippen molar-refractivity contribution in [3.8, 4) is 0 Å². The van der Waals surface area contributed by atoms with E-state index >= 15 is 0 Å². The Balaban J connectivity index is 1.94. The van der Waals surface area contributed by atoms with Gasteiger partial charge in [-0.1, -0.05) is 18.2 Å². The molecule has 1 aliphatic rings. The van der Waals surface area contributed by atoms with E-state index in [1.54, 1.807) is 0 Å². The number of hydrogen-bond donors (Lipinski definition) is 1. The zero-order valence-corrected chi connectivity index (χ0v) is 11.1. The largest absolute Gasteiger partial charge is 0.372 e. The zero-order chi connectivity index (χ0) is 12.1. The number of para-hydroxylation sites is 1. The standard InChI is InChI=1S/C15H24N2/c1-3-17(12-10-14-8-6-11-16-14)15-9-5-4-7-13(15)2/h4-5,7,9,14,16H,3,6,8,10-12H2,1-2H3. The van der Waals surface area contributed by atoms with Gasteiger partial charge in [-0.3, -0.25) is 0 Å². The van der Waals surface area contributed by atoms with E-state index in [1.165, 1.54) is 43.6 Å². The number of aryl methyl sites for hydroxylation is 1. The van der Waals surface area contributed by atoms with Crippen LogP contribution in [-0.2, 0) is 0 Å². The minimum atomic E-state index is 0.744. The summed E-state index contributed by atoms with van der Waals surface area (Å²) in [5.74, 6) is 0. The fourth-order valence-electron chi connectivity index (χ4n) is 2.68. The highest BCUT2D eigenvalue weighted by atomic mass is 15.1. The van der Waals surface area contributed by atoms with Gasteiger partial charge >= 0.3 is 0 Å². The molecule has 0 spiro atoms. The molecule has 1 saturated heterocycles. The van der Waals surface area contributed by atoms with E-state index < -0.39 is 0 Å². The lowest BCUT2D eigenvalue weighted by atomic mass is 10.1. The van der Waals surface area contributed by atoms with Gasteiger partial charge in [-0.15, -0.1) is 0 Å². The summed E-state index contributed by atoms with van der Waals surface area (Å²) in [6, 6.07) is 9.43. The molecule has 1 heterocycles. The normalized spacial score (nSPS) is 19.5. The lowest BCUT2D eigenvalue weighted by Gasteiger charge is -2.26.